The van der Waals surface area contributed by atoms with Crippen molar-refractivity contribution in [1.82, 2.24) is 0 Å². The highest BCUT2D eigenvalue weighted by atomic mass is 19.4. The smallest absolute Gasteiger partial charge is 0.318 e. The van der Waals surface area contributed by atoms with Gasteiger partial charge in [-0.05, 0) is 12.1 Å². The molecule has 0 fully saturated rings. The second-order valence-electron chi connectivity index (χ2n) is 2.61. The maximum absolute atomic E-state index is 12.5. The highest BCUT2D eigenvalue weighted by Gasteiger charge is 2.38. The Morgan fingerprint density at radius 2 is 1.53 bits per heavy atom. The molecule has 0 bridgehead atoms. The second kappa shape index (κ2) is 3.84. The molecule has 1 aromatic carbocycles. The summed E-state index contributed by atoms with van der Waals surface area (Å²) in [5, 5.41) is 1.32. The number of carbonyl (C=O) groups is 1. The molecule has 0 atom stereocenters. The highest BCUT2D eigenvalue weighted by molar-refractivity contribution is 5.94. The van der Waals surface area contributed by atoms with E-state index in [1.54, 1.807) is 0 Å². The summed E-state index contributed by atoms with van der Waals surface area (Å²) in [7, 11) is 0. The van der Waals surface area contributed by atoms with E-state index in [0.29, 0.717) is 18.2 Å². The van der Waals surface area contributed by atoms with Crippen LogP contribution in [0.2, 0.25) is 0 Å². The Labute approximate surface area is 80.7 Å². The number of halogens is 5. The van der Waals surface area contributed by atoms with Gasteiger partial charge in [-0.15, -0.1) is 0 Å². The van der Waals surface area contributed by atoms with E-state index in [4.69, 9.17) is 0 Å². The molecule has 0 aliphatic carbocycles. The van der Waals surface area contributed by atoms with Crippen LogP contribution in [0.1, 0.15) is 0 Å². The van der Waals surface area contributed by atoms with Gasteiger partial charge in [0, 0.05) is 11.8 Å². The molecular weight excluding hydrogens is 221 g/mol. The van der Waals surface area contributed by atoms with Crippen molar-refractivity contribution in [3.8, 4) is 0 Å². The molecule has 0 aliphatic heterocycles. The van der Waals surface area contributed by atoms with Crippen LogP contribution in [0.15, 0.2) is 18.2 Å². The fraction of sp³-hybridized carbons (Fsp3) is 0.125. The molecule has 1 N–H and O–H groups in total. The first-order chi connectivity index (χ1) is 6.79. The van der Waals surface area contributed by atoms with Crippen LogP contribution in [0.5, 0.6) is 0 Å². The fourth-order valence-corrected chi connectivity index (χ4v) is 0.828. The number of rotatable bonds is 1. The Balaban J connectivity index is 2.86. The third-order valence-corrected chi connectivity index (χ3v) is 1.38. The van der Waals surface area contributed by atoms with Gasteiger partial charge in [0.1, 0.15) is 11.6 Å². The summed E-state index contributed by atoms with van der Waals surface area (Å²) in [5.74, 6) is -4.44. The van der Waals surface area contributed by atoms with Crippen LogP contribution in [0.25, 0.3) is 0 Å². The average molecular weight is 225 g/mol. The molecule has 1 aromatic rings. The van der Waals surface area contributed by atoms with E-state index in [0.717, 1.165) is 0 Å². The van der Waals surface area contributed by atoms with Crippen molar-refractivity contribution in [2.24, 2.45) is 0 Å². The van der Waals surface area contributed by atoms with Crippen molar-refractivity contribution in [1.29, 1.82) is 0 Å². The predicted molar refractivity (Wildman–Crippen MR) is 41.0 cm³/mol. The van der Waals surface area contributed by atoms with Crippen LogP contribution in [0.3, 0.4) is 0 Å². The van der Waals surface area contributed by atoms with E-state index >= 15 is 0 Å². The zero-order valence-corrected chi connectivity index (χ0v) is 7.03. The van der Waals surface area contributed by atoms with Crippen LogP contribution < -0.4 is 5.32 Å². The first-order valence-corrected chi connectivity index (χ1v) is 3.63. The van der Waals surface area contributed by atoms with Crippen LogP contribution in [0, 0.1) is 11.6 Å². The van der Waals surface area contributed by atoms with Gasteiger partial charge in [0.05, 0.1) is 0 Å². The van der Waals surface area contributed by atoms with Gasteiger partial charge in [-0.25, -0.2) is 8.78 Å². The lowest BCUT2D eigenvalue weighted by atomic mass is 10.3. The third kappa shape index (κ3) is 3.19. The van der Waals surface area contributed by atoms with Gasteiger partial charge in [-0.2, -0.15) is 13.2 Å². The Morgan fingerprint density at radius 3 is 1.93 bits per heavy atom. The number of hydrogen-bond donors (Lipinski definition) is 1. The Hall–Kier alpha value is -1.66. The average Bonchev–Trinajstić information content (AvgIpc) is 1.99. The Kier molecular flexibility index (Phi) is 2.92. The van der Waals surface area contributed by atoms with Crippen molar-refractivity contribution in [3.63, 3.8) is 0 Å². The van der Waals surface area contributed by atoms with Gasteiger partial charge in [0.25, 0.3) is 0 Å². The van der Waals surface area contributed by atoms with Crippen LogP contribution in [-0.2, 0) is 4.79 Å². The molecule has 2 nitrogen and oxygen atoms in total. The summed E-state index contributed by atoms with van der Waals surface area (Å²) in [5.41, 5.74) is -0.588. The third-order valence-electron chi connectivity index (χ3n) is 1.38. The zero-order chi connectivity index (χ0) is 11.6. The van der Waals surface area contributed by atoms with Gasteiger partial charge in [-0.1, -0.05) is 0 Å². The number of benzene rings is 1. The second-order valence-corrected chi connectivity index (χ2v) is 2.61. The molecule has 7 heteroatoms. The molecule has 0 heterocycles. The molecule has 0 aromatic heterocycles. The summed E-state index contributed by atoms with van der Waals surface area (Å²) >= 11 is 0. The summed E-state index contributed by atoms with van der Waals surface area (Å²) < 4.78 is 60.2. The van der Waals surface area contributed by atoms with E-state index in [2.05, 4.69) is 0 Å². The first kappa shape index (κ1) is 11.4. The van der Waals surface area contributed by atoms with Crippen LogP contribution in [-0.4, -0.2) is 12.1 Å². The van der Waals surface area contributed by atoms with Crippen LogP contribution in [0.4, 0.5) is 27.6 Å². The maximum Gasteiger partial charge on any atom is 0.471 e. The molecular formula is C8H4F5NO. The Morgan fingerprint density at radius 1 is 1.07 bits per heavy atom. The van der Waals surface area contributed by atoms with Crippen molar-refractivity contribution in [2.75, 3.05) is 5.32 Å². The van der Waals surface area contributed by atoms with Gasteiger partial charge in [0.2, 0.25) is 0 Å². The van der Waals surface area contributed by atoms with E-state index in [1.807, 2.05) is 0 Å². The fourth-order valence-electron chi connectivity index (χ4n) is 0.828. The molecule has 15 heavy (non-hydrogen) atoms. The molecule has 1 rings (SSSR count). The molecule has 0 saturated carbocycles. The monoisotopic (exact) mass is 225 g/mol. The zero-order valence-electron chi connectivity index (χ0n) is 7.03. The molecule has 0 unspecified atom stereocenters. The summed E-state index contributed by atoms with van der Waals surface area (Å²) in [6, 6.07) is 1.63. The molecule has 82 valence electrons. The molecule has 0 radical (unpaired) electrons. The van der Waals surface area contributed by atoms with Crippen molar-refractivity contribution >= 4 is 11.6 Å². The number of anilines is 1. The molecule has 0 aliphatic rings. The van der Waals surface area contributed by atoms with E-state index in [-0.39, 0.29) is 0 Å². The lowest BCUT2D eigenvalue weighted by Crippen LogP contribution is -2.29. The summed E-state index contributed by atoms with van der Waals surface area (Å²) in [6.07, 6.45) is -5.09. The maximum atomic E-state index is 12.5. The van der Waals surface area contributed by atoms with Gasteiger partial charge >= 0.3 is 12.1 Å². The summed E-state index contributed by atoms with van der Waals surface area (Å²) in [4.78, 5) is 10.4. The predicted octanol–water partition coefficient (Wildman–Crippen LogP) is 2.47. The van der Waals surface area contributed by atoms with E-state index in [1.165, 1.54) is 5.32 Å². The van der Waals surface area contributed by atoms with Crippen molar-refractivity contribution in [3.05, 3.63) is 29.8 Å². The van der Waals surface area contributed by atoms with E-state index in [9.17, 15) is 26.7 Å². The minimum Gasteiger partial charge on any atom is -0.318 e. The minimum atomic E-state index is -5.09. The number of amides is 1. The SMILES string of the molecule is O=C(Nc1cc(F)cc(F)c1)C(F)(F)F. The van der Waals surface area contributed by atoms with Crippen molar-refractivity contribution < 1.29 is 26.7 Å². The topological polar surface area (TPSA) is 29.1 Å². The standard InChI is InChI=1S/C8H4F5NO/c9-4-1-5(10)3-6(2-4)14-7(15)8(11,12)13/h1-3H,(H,14,15). The van der Waals surface area contributed by atoms with E-state index < -0.39 is 29.4 Å². The van der Waals surface area contributed by atoms with Gasteiger partial charge < -0.3 is 5.32 Å². The normalized spacial score (nSPS) is 11.3. The lowest BCUT2D eigenvalue weighted by Gasteiger charge is -2.07. The van der Waals surface area contributed by atoms with Gasteiger partial charge in [0.15, 0.2) is 0 Å². The number of nitrogens with one attached hydrogen (secondary N) is 1. The highest BCUT2D eigenvalue weighted by Crippen LogP contribution is 2.19. The summed E-state index contributed by atoms with van der Waals surface area (Å²) in [6.45, 7) is 0. The number of hydrogen-bond acceptors (Lipinski definition) is 1. The lowest BCUT2D eigenvalue weighted by molar-refractivity contribution is -0.167. The molecule has 0 spiro atoms. The quantitative estimate of drug-likeness (QED) is 0.731. The van der Waals surface area contributed by atoms with Crippen LogP contribution >= 0.6 is 0 Å². The molecule has 1 amide bonds. The van der Waals surface area contributed by atoms with Crippen molar-refractivity contribution in [2.45, 2.75) is 6.18 Å². The number of carbonyl (C=O) groups excluding carboxylic acids is 1. The van der Waals surface area contributed by atoms with Gasteiger partial charge in [-0.3, -0.25) is 4.79 Å². The molecule has 0 saturated heterocycles. The minimum absolute atomic E-state index is 0.475. The Bertz CT molecular complexity index is 367. The largest absolute Gasteiger partial charge is 0.471 e. The number of alkyl halides is 3. The first-order valence-electron chi connectivity index (χ1n) is 3.63.